The molecule has 344 valence electrons. The van der Waals surface area contributed by atoms with Gasteiger partial charge in [0.05, 0.1) is 0 Å². The molecule has 2 aliphatic carbocycles. The Morgan fingerprint density at radius 1 is 0.369 bits per heavy atom. The number of hydrogen-bond acceptors (Lipinski definition) is 2. The molecule has 0 heterocycles. The van der Waals surface area contributed by atoms with Gasteiger partial charge >= 0.3 is 0 Å². The average Bonchev–Trinajstić information content (AvgIpc) is 3.88. The molecule has 6 aromatic carbocycles. The first-order chi connectivity index (χ1) is 30.7. The molecule has 2 aliphatic rings. The predicted octanol–water partition coefficient (Wildman–Crippen LogP) is 13.6. The van der Waals surface area contributed by atoms with Gasteiger partial charge in [0.1, 0.15) is 0 Å². The first-order valence-corrected chi connectivity index (χ1v) is 26.8. The number of benzene rings is 6. The zero-order valence-electron chi connectivity index (χ0n) is 41.6. The van der Waals surface area contributed by atoms with Gasteiger partial charge < -0.3 is 9.80 Å². The maximum Gasteiger partial charge on any atom is 0.0376 e. The van der Waals surface area contributed by atoms with E-state index >= 15 is 0 Å². The fourth-order valence-corrected chi connectivity index (χ4v) is 19.0. The Kier molecular flexibility index (Phi) is 18.1. The number of hydrogen-bond donors (Lipinski definition) is 0. The van der Waals surface area contributed by atoms with Gasteiger partial charge in [-0.1, -0.05) is 191 Å². The van der Waals surface area contributed by atoms with Crippen molar-refractivity contribution in [2.45, 2.75) is 117 Å². The van der Waals surface area contributed by atoms with E-state index in [0.717, 1.165) is 0 Å². The molecule has 0 bridgehead atoms. The Morgan fingerprint density at radius 3 is 0.846 bits per heavy atom. The number of nitrogens with zero attached hydrogens (tertiary/aromatic N) is 2. The smallest absolute Gasteiger partial charge is 0.0376 e. The minimum absolute atomic E-state index is 0. The second-order valence-electron chi connectivity index (χ2n) is 20.1. The molecule has 0 aliphatic heterocycles. The third kappa shape index (κ3) is 12.6. The van der Waals surface area contributed by atoms with Gasteiger partial charge in [-0.05, 0) is 181 Å². The fourth-order valence-electron chi connectivity index (χ4n) is 11.9. The fraction of sp³-hybridized carbons (Fsp3) is 0.400. The second kappa shape index (κ2) is 23.1. The van der Waals surface area contributed by atoms with E-state index in [1.165, 1.54) is 94.2 Å². The Labute approximate surface area is 408 Å². The normalized spacial score (nSPS) is 19.3. The van der Waals surface area contributed by atoms with Gasteiger partial charge in [-0.25, -0.2) is 0 Å². The van der Waals surface area contributed by atoms with Crippen LogP contribution in [-0.4, -0.2) is 49.3 Å². The van der Waals surface area contributed by atoms with Crippen molar-refractivity contribution in [3.63, 3.8) is 0 Å². The predicted molar refractivity (Wildman–Crippen MR) is 284 cm³/mol. The van der Waals surface area contributed by atoms with Crippen LogP contribution in [0.2, 0.25) is 0 Å². The van der Waals surface area contributed by atoms with Crippen LogP contribution in [0.1, 0.15) is 106 Å². The Balaban J connectivity index is 0.000000212. The van der Waals surface area contributed by atoms with Crippen molar-refractivity contribution in [2.24, 2.45) is 11.8 Å². The molecule has 4 unspecified atom stereocenters. The van der Waals surface area contributed by atoms with Gasteiger partial charge in [0.25, 0.3) is 0 Å². The SMILES string of the molecule is Cc1cc(C)cc(P(c2cc(C)cc(C)c2)C2CCCC2[C@H](c2ccccc2)N(C)C)c1.Cc1cc(C)cc(P(c2cc(C)cc(C)c2)C2CCCC2[C@H](c2ccccc2)N(C)C)c1.[Fe]. The molecule has 0 N–H and O–H groups in total. The van der Waals surface area contributed by atoms with Gasteiger partial charge in [-0.3, -0.25) is 0 Å². The summed E-state index contributed by atoms with van der Waals surface area (Å²) in [5, 5.41) is 6.24. The van der Waals surface area contributed by atoms with Gasteiger partial charge in [-0.2, -0.15) is 0 Å². The molecule has 6 atom stereocenters. The van der Waals surface area contributed by atoms with Crippen LogP contribution in [0.5, 0.6) is 0 Å². The molecule has 0 radical (unpaired) electrons. The Hall–Kier alpha value is -3.38. The van der Waals surface area contributed by atoms with Crippen LogP contribution in [0, 0.1) is 67.2 Å². The van der Waals surface area contributed by atoms with Crippen LogP contribution in [-0.2, 0) is 17.1 Å². The van der Waals surface area contributed by atoms with E-state index in [1.54, 1.807) is 21.2 Å². The molecule has 2 saturated carbocycles. The van der Waals surface area contributed by atoms with Crippen LogP contribution >= 0.6 is 15.8 Å². The summed E-state index contributed by atoms with van der Waals surface area (Å²) >= 11 is 0. The first-order valence-electron chi connectivity index (χ1n) is 24.0. The van der Waals surface area contributed by atoms with Crippen molar-refractivity contribution in [2.75, 3.05) is 28.2 Å². The Morgan fingerprint density at radius 2 is 0.615 bits per heavy atom. The molecule has 65 heavy (non-hydrogen) atoms. The quantitative estimate of drug-likeness (QED) is 0.0891. The summed E-state index contributed by atoms with van der Waals surface area (Å²) in [6.45, 7) is 18.0. The van der Waals surface area contributed by atoms with Crippen molar-refractivity contribution in [3.05, 3.63) is 189 Å². The zero-order valence-corrected chi connectivity index (χ0v) is 44.4. The number of rotatable bonds is 12. The monoisotopic (exact) mass is 942 g/mol. The summed E-state index contributed by atoms with van der Waals surface area (Å²) in [6.07, 6.45) is 7.95. The summed E-state index contributed by atoms with van der Waals surface area (Å²) in [4.78, 5) is 4.93. The molecule has 0 aromatic heterocycles. The van der Waals surface area contributed by atoms with Crippen molar-refractivity contribution in [1.82, 2.24) is 9.80 Å². The number of aryl methyl sites for hydroxylation is 8. The van der Waals surface area contributed by atoms with Gasteiger partial charge in [0.15, 0.2) is 0 Å². The average molecular weight is 943 g/mol. The van der Waals surface area contributed by atoms with E-state index in [4.69, 9.17) is 0 Å². The summed E-state index contributed by atoms with van der Waals surface area (Å²) in [5.74, 6) is 1.33. The molecule has 2 nitrogen and oxygen atoms in total. The maximum atomic E-state index is 2.47. The first kappa shape index (κ1) is 51.0. The standard InChI is InChI=1S/2C30H38NP.Fe/c2*1-21-15-22(2)18-26(17-21)32(27-19-23(3)16-24(4)20-27)29-14-10-13-28(29)30(31(5)6)25-11-8-7-9-12-25;/h2*7-9,11-12,15-20,28-30H,10,13-14H2,1-6H3;/t2*28?,29?,30-;/m00./s1. The Bertz CT molecular complexity index is 2110. The molecule has 2 fully saturated rings. The summed E-state index contributed by atoms with van der Waals surface area (Å²) in [5.41, 5.74) is 15.4. The minimum atomic E-state index is -0.430. The summed E-state index contributed by atoms with van der Waals surface area (Å²) in [6, 6.07) is 52.4. The van der Waals surface area contributed by atoms with Crippen LogP contribution in [0.15, 0.2) is 133 Å². The van der Waals surface area contributed by atoms with Crippen LogP contribution in [0.3, 0.4) is 0 Å². The summed E-state index contributed by atoms with van der Waals surface area (Å²) < 4.78 is 0. The zero-order chi connectivity index (χ0) is 45.7. The molecule has 6 aromatic rings. The van der Waals surface area contributed by atoms with E-state index < -0.39 is 15.8 Å². The van der Waals surface area contributed by atoms with Crippen LogP contribution < -0.4 is 21.2 Å². The van der Waals surface area contributed by atoms with Crippen molar-refractivity contribution < 1.29 is 17.1 Å². The van der Waals surface area contributed by atoms with Gasteiger partial charge in [0.2, 0.25) is 0 Å². The van der Waals surface area contributed by atoms with E-state index in [1.807, 2.05) is 0 Å². The molecule has 0 saturated heterocycles. The molecule has 0 amide bonds. The molecular weight excluding hydrogens is 866 g/mol. The van der Waals surface area contributed by atoms with Gasteiger partial charge in [-0.15, -0.1) is 0 Å². The van der Waals surface area contributed by atoms with E-state index in [0.29, 0.717) is 35.2 Å². The van der Waals surface area contributed by atoms with Gasteiger partial charge in [0, 0.05) is 29.2 Å². The minimum Gasteiger partial charge on any atom is -0.302 e. The van der Waals surface area contributed by atoms with Crippen molar-refractivity contribution in [1.29, 1.82) is 0 Å². The second-order valence-corrected chi connectivity index (χ2v) is 25.0. The van der Waals surface area contributed by atoms with Crippen LogP contribution in [0.25, 0.3) is 0 Å². The molecule has 8 rings (SSSR count). The maximum absolute atomic E-state index is 2.47. The third-order valence-electron chi connectivity index (χ3n) is 13.9. The van der Waals surface area contributed by atoms with Crippen LogP contribution in [0.4, 0.5) is 0 Å². The third-order valence-corrected chi connectivity index (χ3v) is 19.7. The van der Waals surface area contributed by atoms with E-state index in [2.05, 4.69) is 227 Å². The van der Waals surface area contributed by atoms with E-state index in [-0.39, 0.29) is 17.1 Å². The molecule has 0 spiro atoms. The van der Waals surface area contributed by atoms with Crippen molar-refractivity contribution >= 4 is 37.1 Å². The molecular formula is C60H76FeN2P2. The largest absolute Gasteiger partial charge is 0.302 e. The van der Waals surface area contributed by atoms with E-state index in [9.17, 15) is 0 Å². The van der Waals surface area contributed by atoms with Crippen molar-refractivity contribution in [3.8, 4) is 0 Å². The summed E-state index contributed by atoms with van der Waals surface area (Å²) in [7, 11) is 8.21. The topological polar surface area (TPSA) is 6.48 Å². The molecule has 5 heteroatoms.